The average Bonchev–Trinajstić information content (AvgIpc) is 2.90. The van der Waals surface area contributed by atoms with Crippen molar-refractivity contribution in [2.24, 2.45) is 5.92 Å². The van der Waals surface area contributed by atoms with E-state index in [2.05, 4.69) is 34.6 Å². The van der Waals surface area contributed by atoms with Crippen LogP contribution < -0.4 is 5.32 Å². The number of nitrogens with zero attached hydrogens (tertiary/aromatic N) is 2. The van der Waals surface area contributed by atoms with Crippen LogP contribution in [0.5, 0.6) is 0 Å². The number of hydrogen-bond acceptors (Lipinski definition) is 4. The summed E-state index contributed by atoms with van der Waals surface area (Å²) in [6.07, 6.45) is 4.05. The maximum absolute atomic E-state index is 4.50. The maximum Gasteiger partial charge on any atom is 0.0897 e. The van der Waals surface area contributed by atoms with Gasteiger partial charge >= 0.3 is 0 Å². The quantitative estimate of drug-likeness (QED) is 0.843. The Morgan fingerprint density at radius 1 is 1.59 bits per heavy atom. The third-order valence-corrected chi connectivity index (χ3v) is 4.24. The first kappa shape index (κ1) is 13.0. The fourth-order valence-corrected chi connectivity index (χ4v) is 3.05. The van der Waals surface area contributed by atoms with Crippen molar-refractivity contribution in [1.82, 2.24) is 15.2 Å². The molecule has 96 valence electrons. The number of thiazole rings is 1. The van der Waals surface area contributed by atoms with Gasteiger partial charge in [0.2, 0.25) is 0 Å². The first-order chi connectivity index (χ1) is 8.24. The predicted molar refractivity (Wildman–Crippen MR) is 73.4 cm³/mol. The van der Waals surface area contributed by atoms with E-state index in [4.69, 9.17) is 0 Å². The molecule has 2 heterocycles. The van der Waals surface area contributed by atoms with Gasteiger partial charge in [0.25, 0.3) is 0 Å². The molecule has 1 N–H and O–H groups in total. The van der Waals surface area contributed by atoms with Crippen LogP contribution in [0.25, 0.3) is 0 Å². The molecule has 1 aromatic rings. The van der Waals surface area contributed by atoms with E-state index in [-0.39, 0.29) is 0 Å². The van der Waals surface area contributed by atoms with Crippen molar-refractivity contribution < 1.29 is 0 Å². The highest BCUT2D eigenvalue weighted by atomic mass is 32.1. The summed E-state index contributed by atoms with van der Waals surface area (Å²) in [5.41, 5.74) is 1.22. The van der Waals surface area contributed by atoms with Crippen LogP contribution in [0.2, 0.25) is 0 Å². The second-order valence-electron chi connectivity index (χ2n) is 5.10. The van der Waals surface area contributed by atoms with E-state index < -0.39 is 0 Å². The molecule has 1 aromatic heterocycles. The lowest BCUT2D eigenvalue weighted by Crippen LogP contribution is -2.20. The van der Waals surface area contributed by atoms with Crippen molar-refractivity contribution in [2.45, 2.75) is 32.7 Å². The van der Waals surface area contributed by atoms with Crippen LogP contribution in [0.1, 0.15) is 30.0 Å². The van der Waals surface area contributed by atoms with Crippen LogP contribution in [0.15, 0.2) is 5.38 Å². The monoisotopic (exact) mass is 253 g/mol. The molecule has 1 fully saturated rings. The zero-order valence-electron chi connectivity index (χ0n) is 10.9. The van der Waals surface area contributed by atoms with Gasteiger partial charge in [0.05, 0.1) is 10.7 Å². The van der Waals surface area contributed by atoms with Crippen LogP contribution in [0, 0.1) is 12.8 Å². The summed E-state index contributed by atoms with van der Waals surface area (Å²) < 4.78 is 0. The van der Waals surface area contributed by atoms with Gasteiger partial charge in [-0.3, -0.25) is 0 Å². The number of hydrogen-bond donors (Lipinski definition) is 1. The molecular formula is C13H23N3S. The summed E-state index contributed by atoms with van der Waals surface area (Å²) in [7, 11) is 2.20. The molecule has 0 bridgehead atoms. The molecule has 17 heavy (non-hydrogen) atoms. The Balaban J connectivity index is 1.61. The van der Waals surface area contributed by atoms with Gasteiger partial charge in [-0.15, -0.1) is 11.3 Å². The van der Waals surface area contributed by atoms with Crippen molar-refractivity contribution in [3.63, 3.8) is 0 Å². The molecule has 0 amide bonds. The van der Waals surface area contributed by atoms with E-state index in [1.807, 2.05) is 0 Å². The Labute approximate surface area is 108 Å². The minimum absolute atomic E-state index is 0.921. The molecule has 0 aromatic carbocycles. The molecule has 3 nitrogen and oxygen atoms in total. The van der Waals surface area contributed by atoms with Gasteiger partial charge in [-0.1, -0.05) is 0 Å². The molecule has 4 heteroatoms. The van der Waals surface area contributed by atoms with Crippen molar-refractivity contribution >= 4 is 11.3 Å². The molecule has 0 radical (unpaired) electrons. The third kappa shape index (κ3) is 4.37. The highest BCUT2D eigenvalue weighted by Gasteiger charge is 2.14. The minimum Gasteiger partial charge on any atom is -0.316 e. The number of rotatable bonds is 6. The molecule has 0 saturated carbocycles. The van der Waals surface area contributed by atoms with Crippen molar-refractivity contribution in [3.05, 3.63) is 16.1 Å². The molecule has 1 saturated heterocycles. The number of nitrogens with one attached hydrogen (secondary N) is 1. The van der Waals surface area contributed by atoms with E-state index in [1.54, 1.807) is 11.3 Å². The molecular weight excluding hydrogens is 230 g/mol. The van der Waals surface area contributed by atoms with Gasteiger partial charge < -0.3 is 10.2 Å². The maximum atomic E-state index is 4.50. The summed E-state index contributed by atoms with van der Waals surface area (Å²) in [5.74, 6) is 0.921. The normalized spacial score (nSPS) is 20.3. The topological polar surface area (TPSA) is 28.2 Å². The largest absolute Gasteiger partial charge is 0.316 e. The van der Waals surface area contributed by atoms with Crippen molar-refractivity contribution in [2.75, 3.05) is 26.7 Å². The van der Waals surface area contributed by atoms with Crippen LogP contribution in [0.3, 0.4) is 0 Å². The summed E-state index contributed by atoms with van der Waals surface area (Å²) in [5, 5.41) is 6.78. The van der Waals surface area contributed by atoms with E-state index in [1.165, 1.54) is 49.6 Å². The molecule has 1 unspecified atom stereocenters. The first-order valence-electron chi connectivity index (χ1n) is 6.54. The van der Waals surface area contributed by atoms with Gasteiger partial charge in [0.15, 0.2) is 0 Å². The van der Waals surface area contributed by atoms with E-state index >= 15 is 0 Å². The summed E-state index contributed by atoms with van der Waals surface area (Å²) in [6.45, 7) is 6.70. The first-order valence-corrected chi connectivity index (χ1v) is 7.42. The Morgan fingerprint density at radius 3 is 3.12 bits per heavy atom. The van der Waals surface area contributed by atoms with Gasteiger partial charge in [-0.05, 0) is 58.8 Å². The summed E-state index contributed by atoms with van der Waals surface area (Å²) in [6, 6.07) is 0. The lowest BCUT2D eigenvalue weighted by molar-refractivity contribution is 0.305. The highest BCUT2D eigenvalue weighted by molar-refractivity contribution is 7.09. The van der Waals surface area contributed by atoms with Gasteiger partial charge in [-0.2, -0.15) is 0 Å². The Bertz CT molecular complexity index is 331. The lowest BCUT2D eigenvalue weighted by Gasteiger charge is -2.16. The van der Waals surface area contributed by atoms with E-state index in [0.717, 1.165) is 12.5 Å². The number of aryl methyl sites for hydroxylation is 1. The predicted octanol–water partition coefficient (Wildman–Crippen LogP) is 2.27. The highest BCUT2D eigenvalue weighted by Crippen LogP contribution is 2.15. The average molecular weight is 253 g/mol. The van der Waals surface area contributed by atoms with Crippen LogP contribution in [-0.2, 0) is 6.54 Å². The fraction of sp³-hybridized carbons (Fsp3) is 0.769. The van der Waals surface area contributed by atoms with E-state index in [9.17, 15) is 0 Å². The lowest BCUT2D eigenvalue weighted by atomic mass is 10.0. The third-order valence-electron chi connectivity index (χ3n) is 3.41. The van der Waals surface area contributed by atoms with Gasteiger partial charge in [0, 0.05) is 11.9 Å². The molecule has 1 aliphatic rings. The molecule has 0 spiro atoms. The van der Waals surface area contributed by atoms with Crippen LogP contribution >= 0.6 is 11.3 Å². The van der Waals surface area contributed by atoms with Crippen molar-refractivity contribution in [3.8, 4) is 0 Å². The minimum atomic E-state index is 0.921. The smallest absolute Gasteiger partial charge is 0.0897 e. The molecule has 1 aliphatic heterocycles. The Morgan fingerprint density at radius 2 is 2.47 bits per heavy atom. The SMILES string of the molecule is Cc1nc(CN(C)CCCC2CCNC2)cs1. The standard InChI is InChI=1S/C13H23N3S/c1-11-15-13(10-17-11)9-16(2)7-3-4-12-5-6-14-8-12/h10,12,14H,3-9H2,1-2H3. The zero-order chi connectivity index (χ0) is 12.1. The Kier molecular flexibility index (Phi) is 4.95. The zero-order valence-corrected chi connectivity index (χ0v) is 11.7. The second kappa shape index (κ2) is 6.47. The fourth-order valence-electron chi connectivity index (χ4n) is 2.45. The van der Waals surface area contributed by atoms with Gasteiger partial charge in [0.1, 0.15) is 0 Å². The van der Waals surface area contributed by atoms with Crippen molar-refractivity contribution in [1.29, 1.82) is 0 Å². The Hall–Kier alpha value is -0.450. The number of aromatic nitrogens is 1. The van der Waals surface area contributed by atoms with Crippen LogP contribution in [0.4, 0.5) is 0 Å². The summed E-state index contributed by atoms with van der Waals surface area (Å²) >= 11 is 1.74. The molecule has 0 aliphatic carbocycles. The van der Waals surface area contributed by atoms with Gasteiger partial charge in [-0.25, -0.2) is 4.98 Å². The molecule has 2 rings (SSSR count). The van der Waals surface area contributed by atoms with E-state index in [0.29, 0.717) is 0 Å². The van der Waals surface area contributed by atoms with Crippen LogP contribution in [-0.4, -0.2) is 36.6 Å². The molecule has 1 atom stereocenters. The second-order valence-corrected chi connectivity index (χ2v) is 6.16. The summed E-state index contributed by atoms with van der Waals surface area (Å²) in [4.78, 5) is 6.89.